The molecule has 0 fully saturated rings. The number of nitrogens with one attached hydrogen (secondary N) is 1. The number of aromatic nitrogens is 2. The van der Waals surface area contributed by atoms with Crippen LogP contribution >= 0.6 is 0 Å². The van der Waals surface area contributed by atoms with Gasteiger partial charge in [-0.05, 0) is 63.5 Å². The number of imidazole rings is 1. The van der Waals surface area contributed by atoms with Crippen LogP contribution < -0.4 is 10.2 Å². The van der Waals surface area contributed by atoms with Gasteiger partial charge in [0.1, 0.15) is 0 Å². The summed E-state index contributed by atoms with van der Waals surface area (Å²) in [7, 11) is 3.61. The molecule has 0 unspecified atom stereocenters. The SMILES string of the molecule is CNCC(=O)N(CCCN(C)CCN1C(=O)c2cccc3c(N4C=NCC4)ccc(c23)C1=O)CCN1C(=O)c2cccc3c(-n4ccnc4)ccc(c23)C1=O. The molecule has 0 bridgehead atoms. The fraction of sp³-hybridized carbons (Fsp3) is 0.293. The molecule has 0 saturated carbocycles. The topological polar surface area (TPSA) is 144 Å². The number of hydrogen-bond acceptors (Lipinski definition) is 10. The van der Waals surface area contributed by atoms with Crippen molar-refractivity contribution >= 4 is 63.1 Å². The van der Waals surface area contributed by atoms with Crippen molar-refractivity contribution in [3.63, 3.8) is 0 Å². The van der Waals surface area contributed by atoms with Gasteiger partial charge in [-0.1, -0.05) is 24.3 Å². The Balaban J connectivity index is 0.894. The highest BCUT2D eigenvalue weighted by Gasteiger charge is 2.35. The molecule has 0 saturated heterocycles. The van der Waals surface area contributed by atoms with Gasteiger partial charge in [-0.15, -0.1) is 0 Å². The van der Waals surface area contributed by atoms with Crippen LogP contribution in [0.3, 0.4) is 0 Å². The Kier molecular flexibility index (Phi) is 9.67. The van der Waals surface area contributed by atoms with E-state index >= 15 is 0 Å². The third-order valence-corrected chi connectivity index (χ3v) is 10.7. The quantitative estimate of drug-likeness (QED) is 0.170. The van der Waals surface area contributed by atoms with Gasteiger partial charge in [-0.3, -0.25) is 38.8 Å². The first-order valence-electron chi connectivity index (χ1n) is 18.5. The minimum atomic E-state index is -0.395. The third-order valence-electron chi connectivity index (χ3n) is 10.7. The predicted molar refractivity (Wildman–Crippen MR) is 209 cm³/mol. The fourth-order valence-corrected chi connectivity index (χ4v) is 7.87. The zero-order valence-electron chi connectivity index (χ0n) is 30.8. The van der Waals surface area contributed by atoms with Gasteiger partial charge >= 0.3 is 0 Å². The van der Waals surface area contributed by atoms with E-state index in [1.807, 2.05) is 64.0 Å². The molecule has 0 spiro atoms. The lowest BCUT2D eigenvalue weighted by atomic mass is 9.92. The summed E-state index contributed by atoms with van der Waals surface area (Å²) in [5, 5.41) is 5.84. The molecule has 0 aliphatic carbocycles. The van der Waals surface area contributed by atoms with Crippen LogP contribution in [0.15, 0.2) is 84.4 Å². The molecule has 8 rings (SSSR count). The summed E-state index contributed by atoms with van der Waals surface area (Å²) in [6.45, 7) is 3.41. The first kappa shape index (κ1) is 35.8. The van der Waals surface area contributed by atoms with Gasteiger partial charge in [0.2, 0.25) is 5.91 Å². The summed E-state index contributed by atoms with van der Waals surface area (Å²) in [4.78, 5) is 84.8. The second-order valence-electron chi connectivity index (χ2n) is 14.0. The van der Waals surface area contributed by atoms with Crippen LogP contribution in [0.25, 0.3) is 27.2 Å². The van der Waals surface area contributed by atoms with Crippen molar-refractivity contribution in [1.82, 2.24) is 34.5 Å². The number of aliphatic imine (C=N–C) groups is 1. The summed E-state index contributed by atoms with van der Waals surface area (Å²) in [6, 6.07) is 18.3. The van der Waals surface area contributed by atoms with E-state index in [1.165, 1.54) is 9.80 Å². The number of carbonyl (C=O) groups is 5. The van der Waals surface area contributed by atoms with E-state index < -0.39 is 11.8 Å². The predicted octanol–water partition coefficient (Wildman–Crippen LogP) is 3.29. The Morgan fingerprint density at radius 2 is 1.35 bits per heavy atom. The number of carbonyl (C=O) groups excluding carboxylic acids is 5. The Labute approximate surface area is 317 Å². The number of imide groups is 2. The molecule has 4 aromatic carbocycles. The molecule has 4 heterocycles. The molecule has 3 aliphatic heterocycles. The molecule has 5 amide bonds. The van der Waals surface area contributed by atoms with Crippen molar-refractivity contribution in [2.75, 3.05) is 77.9 Å². The lowest BCUT2D eigenvalue weighted by Crippen LogP contribution is -2.47. The van der Waals surface area contributed by atoms with Crippen LogP contribution in [0.5, 0.6) is 0 Å². The maximum Gasteiger partial charge on any atom is 0.261 e. The molecular formula is C41H41N9O5. The second kappa shape index (κ2) is 14.9. The molecule has 55 heavy (non-hydrogen) atoms. The Hall–Kier alpha value is -6.25. The van der Waals surface area contributed by atoms with Gasteiger partial charge in [0, 0.05) is 101 Å². The smallest absolute Gasteiger partial charge is 0.261 e. The van der Waals surface area contributed by atoms with Crippen LogP contribution in [0.4, 0.5) is 5.69 Å². The van der Waals surface area contributed by atoms with Gasteiger partial charge in [-0.2, -0.15) is 0 Å². The number of rotatable bonds is 14. The van der Waals surface area contributed by atoms with E-state index in [4.69, 9.17) is 0 Å². The third kappa shape index (κ3) is 6.42. The molecule has 280 valence electrons. The zero-order valence-corrected chi connectivity index (χ0v) is 30.8. The molecule has 0 radical (unpaired) electrons. The van der Waals surface area contributed by atoms with Crippen molar-refractivity contribution < 1.29 is 24.0 Å². The van der Waals surface area contributed by atoms with Crippen LogP contribution in [-0.2, 0) is 4.79 Å². The molecule has 14 heteroatoms. The van der Waals surface area contributed by atoms with E-state index in [0.29, 0.717) is 65.6 Å². The lowest BCUT2D eigenvalue weighted by molar-refractivity contribution is -0.130. The molecule has 3 aliphatic rings. The zero-order chi connectivity index (χ0) is 38.2. The largest absolute Gasteiger partial charge is 0.340 e. The van der Waals surface area contributed by atoms with Gasteiger partial charge in [-0.25, -0.2) is 4.98 Å². The standard InChI is InChI=1S/C41H41N9O5/c1-42-24-35(51)46(21-23-50-39(53)30-9-4-7-28-34(48-19-15-44-26-48)13-11-32(37(28)30)41(50)55)17-5-16-45(2)20-22-49-38(52)29-8-3-6-27-33(47-18-14-43-25-47)12-10-31(36(27)29)40(49)54/h3-4,6-13,15,19,25-26,42H,5,14,16-18,20-24H2,1-2H3. The first-order chi connectivity index (χ1) is 26.8. The average molecular weight is 740 g/mol. The molecule has 1 aromatic heterocycles. The lowest BCUT2D eigenvalue weighted by Gasteiger charge is -2.31. The summed E-state index contributed by atoms with van der Waals surface area (Å²) >= 11 is 0. The second-order valence-corrected chi connectivity index (χ2v) is 14.0. The van der Waals surface area contributed by atoms with Crippen molar-refractivity contribution in [3.8, 4) is 5.69 Å². The van der Waals surface area contributed by atoms with Gasteiger partial charge in [0.05, 0.1) is 31.4 Å². The van der Waals surface area contributed by atoms with Crippen LogP contribution in [0.1, 0.15) is 47.9 Å². The Morgan fingerprint density at radius 3 is 1.93 bits per heavy atom. The van der Waals surface area contributed by atoms with E-state index in [9.17, 15) is 24.0 Å². The average Bonchev–Trinajstić information content (AvgIpc) is 3.94. The van der Waals surface area contributed by atoms with Crippen LogP contribution in [0, 0.1) is 0 Å². The maximum absolute atomic E-state index is 13.8. The van der Waals surface area contributed by atoms with Crippen molar-refractivity contribution in [3.05, 3.63) is 102 Å². The van der Waals surface area contributed by atoms with Gasteiger partial charge in [0.15, 0.2) is 0 Å². The highest BCUT2D eigenvalue weighted by atomic mass is 16.2. The molecule has 1 N–H and O–H groups in total. The fourth-order valence-electron chi connectivity index (χ4n) is 7.87. The molecular weight excluding hydrogens is 699 g/mol. The van der Waals surface area contributed by atoms with Crippen molar-refractivity contribution in [2.45, 2.75) is 6.42 Å². The normalized spacial score (nSPS) is 15.1. The Bertz CT molecular complexity index is 2350. The molecule has 5 aromatic rings. The van der Waals surface area contributed by atoms with Gasteiger partial charge < -0.3 is 24.6 Å². The summed E-state index contributed by atoms with van der Waals surface area (Å²) in [6.07, 6.45) is 7.55. The van der Waals surface area contributed by atoms with Crippen molar-refractivity contribution in [1.29, 1.82) is 0 Å². The van der Waals surface area contributed by atoms with E-state index in [1.54, 1.807) is 55.1 Å². The van der Waals surface area contributed by atoms with Crippen LogP contribution in [0.2, 0.25) is 0 Å². The molecule has 14 nitrogen and oxygen atoms in total. The number of anilines is 1. The Morgan fingerprint density at radius 1 is 0.745 bits per heavy atom. The minimum absolute atomic E-state index is 0.0442. The first-order valence-corrected chi connectivity index (χ1v) is 18.5. The van der Waals surface area contributed by atoms with E-state index in [0.717, 1.165) is 28.7 Å². The monoisotopic (exact) mass is 739 g/mol. The summed E-state index contributed by atoms with van der Waals surface area (Å²) in [5.41, 5.74) is 3.65. The minimum Gasteiger partial charge on any atom is -0.340 e. The van der Waals surface area contributed by atoms with E-state index in [-0.39, 0.29) is 43.9 Å². The number of benzene rings is 4. The van der Waals surface area contributed by atoms with E-state index in [2.05, 4.69) is 15.3 Å². The van der Waals surface area contributed by atoms with Crippen molar-refractivity contribution in [2.24, 2.45) is 4.99 Å². The number of likely N-dealkylation sites (N-methyl/N-ethyl adjacent to an activating group) is 2. The highest BCUT2D eigenvalue weighted by Crippen LogP contribution is 2.37. The van der Waals surface area contributed by atoms with Gasteiger partial charge in [0.25, 0.3) is 23.6 Å². The van der Waals surface area contributed by atoms with Crippen LogP contribution in [-0.4, -0.2) is 138 Å². The summed E-state index contributed by atoms with van der Waals surface area (Å²) < 4.78 is 1.85. The molecule has 0 atom stereocenters. The number of hydrogen-bond donors (Lipinski definition) is 1. The number of amides is 5. The summed E-state index contributed by atoms with van der Waals surface area (Å²) in [5.74, 6) is -1.56. The maximum atomic E-state index is 13.8. The number of nitrogens with zero attached hydrogens (tertiary/aromatic N) is 8. The highest BCUT2D eigenvalue weighted by molar-refractivity contribution is 6.28.